The summed E-state index contributed by atoms with van der Waals surface area (Å²) in [6, 6.07) is 17.5. The van der Waals surface area contributed by atoms with Crippen molar-refractivity contribution in [3.63, 3.8) is 0 Å². The van der Waals surface area contributed by atoms with Gasteiger partial charge >= 0.3 is 0 Å². The molecule has 0 bridgehead atoms. The Bertz CT molecular complexity index is 1340. The van der Waals surface area contributed by atoms with Gasteiger partial charge in [-0.05, 0) is 69.1 Å². The molecule has 6 rings (SSSR count). The number of amidine groups is 1. The van der Waals surface area contributed by atoms with Crippen LogP contribution in [0.1, 0.15) is 78.1 Å². The quantitative estimate of drug-likeness (QED) is 0.101. The van der Waals surface area contributed by atoms with E-state index in [9.17, 15) is 0 Å². The zero-order valence-electron chi connectivity index (χ0n) is 25.5. The molecule has 0 aromatic heterocycles. The minimum atomic E-state index is 1.02. The molecule has 5 nitrogen and oxygen atoms in total. The van der Waals surface area contributed by atoms with Crippen molar-refractivity contribution in [1.82, 2.24) is 14.7 Å². The van der Waals surface area contributed by atoms with E-state index in [-0.39, 0.29) is 0 Å². The van der Waals surface area contributed by atoms with Crippen molar-refractivity contribution in [2.24, 2.45) is 9.98 Å². The van der Waals surface area contributed by atoms with Crippen molar-refractivity contribution in [2.45, 2.75) is 78.1 Å². The van der Waals surface area contributed by atoms with Gasteiger partial charge in [-0.1, -0.05) is 74.4 Å². The van der Waals surface area contributed by atoms with Crippen LogP contribution >= 0.6 is 0 Å². The van der Waals surface area contributed by atoms with Crippen LogP contribution < -0.4 is 0 Å². The van der Waals surface area contributed by atoms with E-state index in [4.69, 9.17) is 9.98 Å². The van der Waals surface area contributed by atoms with Crippen molar-refractivity contribution in [3.8, 4) is 0 Å². The summed E-state index contributed by atoms with van der Waals surface area (Å²) >= 11 is 0. The lowest BCUT2D eigenvalue weighted by Gasteiger charge is -2.29. The number of hydrogen-bond donors (Lipinski definition) is 0. The molecule has 0 radical (unpaired) electrons. The van der Waals surface area contributed by atoms with E-state index in [1.165, 1.54) is 85.8 Å². The van der Waals surface area contributed by atoms with Gasteiger partial charge in [-0.25, -0.2) is 9.98 Å². The molecular weight excluding hydrogens is 502 g/mol. The fourth-order valence-electron chi connectivity index (χ4n) is 6.42. The SMILES string of the molecule is C=CCCCCC.CC(=Nc1c(N=C(N2CCCC2)N2CCCC2)c2ccccc2c2ccccc12)N1CCCC1. The van der Waals surface area contributed by atoms with E-state index in [2.05, 4.69) is 83.7 Å². The van der Waals surface area contributed by atoms with E-state index in [1.807, 2.05) is 6.08 Å². The standard InChI is InChI=1S/C29H35N5.C7H14/c1-22(32-16-6-7-17-32)30-27-25-14-4-2-12-23(25)24-13-3-5-15-26(24)28(27)31-29(33-18-8-9-19-33)34-20-10-11-21-34;1-3-5-7-6-4-2/h2-5,12-15H,6-11,16-21H2,1H3;3H,1,4-7H2,2H3. The largest absolute Gasteiger partial charge is 0.360 e. The van der Waals surface area contributed by atoms with Crippen LogP contribution in [0.3, 0.4) is 0 Å². The second-order valence-electron chi connectivity index (χ2n) is 11.7. The molecular formula is C36H49N5. The Balaban J connectivity index is 0.000000431. The Morgan fingerprint density at radius 3 is 1.56 bits per heavy atom. The summed E-state index contributed by atoms with van der Waals surface area (Å²) in [4.78, 5) is 18.3. The Kier molecular flexibility index (Phi) is 10.3. The minimum absolute atomic E-state index is 1.02. The van der Waals surface area contributed by atoms with Crippen molar-refractivity contribution in [1.29, 1.82) is 0 Å². The molecule has 0 spiro atoms. The Labute approximate surface area is 247 Å². The molecule has 3 fully saturated rings. The summed E-state index contributed by atoms with van der Waals surface area (Å²) in [6.07, 6.45) is 14.7. The van der Waals surface area contributed by atoms with Crippen molar-refractivity contribution < 1.29 is 0 Å². The molecule has 0 amide bonds. The number of likely N-dealkylation sites (tertiary alicyclic amines) is 3. The maximum absolute atomic E-state index is 5.52. The van der Waals surface area contributed by atoms with Crippen LogP contribution in [0.2, 0.25) is 0 Å². The molecule has 3 aliphatic rings. The van der Waals surface area contributed by atoms with Crippen molar-refractivity contribution in [3.05, 3.63) is 61.2 Å². The lowest BCUT2D eigenvalue weighted by molar-refractivity contribution is 0.395. The first-order valence-corrected chi connectivity index (χ1v) is 16.1. The number of nitrogens with zero attached hydrogens (tertiary/aromatic N) is 5. The van der Waals surface area contributed by atoms with E-state index in [1.54, 1.807) is 0 Å². The summed E-state index contributed by atoms with van der Waals surface area (Å²) < 4.78 is 0. The normalized spacial score (nSPS) is 17.3. The van der Waals surface area contributed by atoms with Gasteiger partial charge in [0, 0.05) is 50.0 Å². The summed E-state index contributed by atoms with van der Waals surface area (Å²) in [5.74, 6) is 2.27. The lowest BCUT2D eigenvalue weighted by atomic mass is 9.98. The summed E-state index contributed by atoms with van der Waals surface area (Å²) in [5, 5.41) is 4.91. The molecule has 0 unspecified atom stereocenters. The van der Waals surface area contributed by atoms with Crippen LogP contribution in [-0.4, -0.2) is 65.8 Å². The number of hydrogen-bond acceptors (Lipinski definition) is 2. The highest BCUT2D eigenvalue weighted by atomic mass is 15.4. The van der Waals surface area contributed by atoms with E-state index in [0.29, 0.717) is 0 Å². The highest BCUT2D eigenvalue weighted by Gasteiger charge is 2.26. The van der Waals surface area contributed by atoms with Crippen LogP contribution in [0.5, 0.6) is 0 Å². The second kappa shape index (κ2) is 14.5. The van der Waals surface area contributed by atoms with Gasteiger partial charge in [0.2, 0.25) is 5.96 Å². The molecule has 0 N–H and O–H groups in total. The number of fused-ring (bicyclic) bond motifs is 3. The zero-order chi connectivity index (χ0) is 28.4. The molecule has 218 valence electrons. The Morgan fingerprint density at radius 1 is 0.659 bits per heavy atom. The van der Waals surface area contributed by atoms with Gasteiger partial charge in [0.1, 0.15) is 11.5 Å². The third kappa shape index (κ3) is 6.94. The van der Waals surface area contributed by atoms with Gasteiger partial charge in [0.15, 0.2) is 0 Å². The maximum atomic E-state index is 5.52. The summed E-state index contributed by atoms with van der Waals surface area (Å²) in [5.41, 5.74) is 2.05. The van der Waals surface area contributed by atoms with Crippen LogP contribution in [0.15, 0.2) is 71.2 Å². The molecule has 5 heteroatoms. The summed E-state index contributed by atoms with van der Waals surface area (Å²) in [6.45, 7) is 14.6. The predicted molar refractivity (Wildman–Crippen MR) is 178 cm³/mol. The first kappa shape index (κ1) is 29.2. The van der Waals surface area contributed by atoms with Crippen molar-refractivity contribution >= 4 is 44.7 Å². The van der Waals surface area contributed by atoms with Gasteiger partial charge in [0.25, 0.3) is 0 Å². The second-order valence-corrected chi connectivity index (χ2v) is 11.7. The molecule has 3 aromatic rings. The Hall–Kier alpha value is -3.34. The smallest absolute Gasteiger partial charge is 0.201 e. The van der Waals surface area contributed by atoms with Crippen LogP contribution in [0, 0.1) is 0 Å². The van der Waals surface area contributed by atoms with E-state index < -0.39 is 0 Å². The summed E-state index contributed by atoms with van der Waals surface area (Å²) in [7, 11) is 0. The number of benzene rings is 3. The third-order valence-electron chi connectivity index (χ3n) is 8.72. The van der Waals surface area contributed by atoms with Gasteiger partial charge in [0.05, 0.1) is 5.69 Å². The highest BCUT2D eigenvalue weighted by Crippen LogP contribution is 2.44. The first-order valence-electron chi connectivity index (χ1n) is 16.1. The average molecular weight is 552 g/mol. The molecule has 0 atom stereocenters. The number of unbranched alkanes of at least 4 members (excludes halogenated alkanes) is 3. The molecule has 0 saturated carbocycles. The first-order chi connectivity index (χ1) is 20.2. The molecule has 0 aliphatic carbocycles. The third-order valence-corrected chi connectivity index (χ3v) is 8.72. The van der Waals surface area contributed by atoms with Crippen LogP contribution in [-0.2, 0) is 0 Å². The van der Waals surface area contributed by atoms with Crippen LogP contribution in [0.25, 0.3) is 21.5 Å². The zero-order valence-corrected chi connectivity index (χ0v) is 25.5. The van der Waals surface area contributed by atoms with E-state index in [0.717, 1.165) is 62.4 Å². The number of rotatable bonds is 6. The average Bonchev–Trinajstić information content (AvgIpc) is 3.82. The van der Waals surface area contributed by atoms with Gasteiger partial charge in [-0.15, -0.1) is 6.58 Å². The fourth-order valence-corrected chi connectivity index (χ4v) is 6.42. The van der Waals surface area contributed by atoms with Gasteiger partial charge in [-0.2, -0.15) is 0 Å². The molecule has 3 heterocycles. The fraction of sp³-hybridized carbons (Fsp3) is 0.500. The van der Waals surface area contributed by atoms with Crippen molar-refractivity contribution in [2.75, 3.05) is 39.3 Å². The maximum Gasteiger partial charge on any atom is 0.201 e. The number of allylic oxidation sites excluding steroid dienone is 1. The Morgan fingerprint density at radius 2 is 1.10 bits per heavy atom. The van der Waals surface area contributed by atoms with E-state index >= 15 is 0 Å². The number of aliphatic imine (C=N–C) groups is 2. The molecule has 3 aromatic carbocycles. The highest BCUT2D eigenvalue weighted by molar-refractivity contribution is 6.20. The monoisotopic (exact) mass is 551 g/mol. The topological polar surface area (TPSA) is 34.4 Å². The predicted octanol–water partition coefficient (Wildman–Crippen LogP) is 9.07. The molecule has 3 saturated heterocycles. The van der Waals surface area contributed by atoms with Gasteiger partial charge < -0.3 is 14.7 Å². The number of guanidine groups is 1. The molecule has 3 aliphatic heterocycles. The minimum Gasteiger partial charge on any atom is -0.360 e. The van der Waals surface area contributed by atoms with Crippen LogP contribution in [0.4, 0.5) is 11.4 Å². The lowest BCUT2D eigenvalue weighted by Crippen LogP contribution is -2.41. The molecule has 41 heavy (non-hydrogen) atoms. The van der Waals surface area contributed by atoms with Gasteiger partial charge in [-0.3, -0.25) is 0 Å².